The molecule has 32 valence electrons. The van der Waals surface area contributed by atoms with Crippen LogP contribution in [0.4, 0.5) is 0 Å². The molecule has 0 unspecified atom stereocenters. The van der Waals surface area contributed by atoms with Gasteiger partial charge in [0.15, 0.2) is 0 Å². The van der Waals surface area contributed by atoms with Crippen LogP contribution in [0.3, 0.4) is 0 Å². The SMILES string of the molecule is Cc1cnsc1. The maximum Gasteiger partial charge on any atom is 0.0436 e. The van der Waals surface area contributed by atoms with E-state index in [1.807, 2.05) is 18.5 Å². The van der Waals surface area contributed by atoms with Gasteiger partial charge in [0, 0.05) is 11.6 Å². The molecule has 0 aromatic carbocycles. The van der Waals surface area contributed by atoms with Gasteiger partial charge in [-0.25, -0.2) is 4.37 Å². The summed E-state index contributed by atoms with van der Waals surface area (Å²) in [4.78, 5) is 0. The second-order valence-corrected chi connectivity index (χ2v) is 1.86. The fourth-order valence-corrected chi connectivity index (χ4v) is 0.773. The second kappa shape index (κ2) is 1.39. The summed E-state index contributed by atoms with van der Waals surface area (Å²) in [5, 5.41) is 2.01. The van der Waals surface area contributed by atoms with Crippen LogP contribution in [-0.2, 0) is 0 Å². The van der Waals surface area contributed by atoms with E-state index in [4.69, 9.17) is 0 Å². The average molecular weight is 99.2 g/mol. The van der Waals surface area contributed by atoms with Crippen LogP contribution in [0, 0.1) is 6.92 Å². The van der Waals surface area contributed by atoms with Gasteiger partial charge in [-0.3, -0.25) is 0 Å². The van der Waals surface area contributed by atoms with Crippen LogP contribution in [0.5, 0.6) is 0 Å². The number of nitrogens with zero attached hydrogens (tertiary/aromatic N) is 1. The standard InChI is InChI=1S/C4H5NS/c1-4-2-5-6-3-4/h2-3H,1H3. The molecule has 1 nitrogen and oxygen atoms in total. The van der Waals surface area contributed by atoms with Gasteiger partial charge in [-0.1, -0.05) is 0 Å². The van der Waals surface area contributed by atoms with Crippen LogP contribution in [0.15, 0.2) is 11.6 Å². The highest BCUT2D eigenvalue weighted by Gasteiger charge is 1.76. The van der Waals surface area contributed by atoms with Gasteiger partial charge in [0.2, 0.25) is 0 Å². The molecule has 0 N–H and O–H groups in total. The first-order valence-corrected chi connectivity index (χ1v) is 2.59. The Hall–Kier alpha value is -0.370. The maximum atomic E-state index is 3.86. The molecule has 0 aliphatic heterocycles. The quantitative estimate of drug-likeness (QED) is 0.479. The zero-order chi connectivity index (χ0) is 4.41. The van der Waals surface area contributed by atoms with E-state index in [0.29, 0.717) is 0 Å². The molecule has 0 radical (unpaired) electrons. The van der Waals surface area contributed by atoms with Gasteiger partial charge in [0.25, 0.3) is 0 Å². The lowest BCUT2D eigenvalue weighted by molar-refractivity contribution is 1.46. The van der Waals surface area contributed by atoms with Crippen molar-refractivity contribution in [1.82, 2.24) is 4.37 Å². The first kappa shape index (κ1) is 3.81. The van der Waals surface area contributed by atoms with E-state index in [2.05, 4.69) is 4.37 Å². The Morgan fingerprint density at radius 2 is 2.67 bits per heavy atom. The van der Waals surface area contributed by atoms with Gasteiger partial charge in [-0.15, -0.1) is 0 Å². The molecule has 0 atom stereocenters. The van der Waals surface area contributed by atoms with Gasteiger partial charge in [0.1, 0.15) is 0 Å². The average Bonchev–Trinajstić information content (AvgIpc) is 1.86. The van der Waals surface area contributed by atoms with E-state index in [1.54, 1.807) is 0 Å². The monoisotopic (exact) mass is 99.0 g/mol. The van der Waals surface area contributed by atoms with Gasteiger partial charge in [-0.05, 0) is 24.0 Å². The van der Waals surface area contributed by atoms with E-state index < -0.39 is 0 Å². The van der Waals surface area contributed by atoms with Crippen molar-refractivity contribution >= 4 is 11.5 Å². The van der Waals surface area contributed by atoms with Crippen molar-refractivity contribution in [3.05, 3.63) is 17.1 Å². The Labute approximate surface area is 40.8 Å². The van der Waals surface area contributed by atoms with Crippen molar-refractivity contribution in [2.45, 2.75) is 6.92 Å². The van der Waals surface area contributed by atoms with Crippen LogP contribution in [0.1, 0.15) is 5.56 Å². The number of rotatable bonds is 0. The zero-order valence-corrected chi connectivity index (χ0v) is 4.33. The largest absolute Gasteiger partial charge is 0.201 e. The van der Waals surface area contributed by atoms with Crippen LogP contribution in [0.25, 0.3) is 0 Å². The normalized spacial score (nSPS) is 8.83. The maximum absolute atomic E-state index is 3.86. The van der Waals surface area contributed by atoms with Crippen LogP contribution < -0.4 is 0 Å². The van der Waals surface area contributed by atoms with Gasteiger partial charge >= 0.3 is 0 Å². The van der Waals surface area contributed by atoms with Crippen LogP contribution in [0.2, 0.25) is 0 Å². The van der Waals surface area contributed by atoms with Crippen molar-refractivity contribution in [3.63, 3.8) is 0 Å². The number of hydrogen-bond acceptors (Lipinski definition) is 2. The number of hydrogen-bond donors (Lipinski definition) is 0. The molecule has 1 aromatic heterocycles. The van der Waals surface area contributed by atoms with Crippen molar-refractivity contribution < 1.29 is 0 Å². The summed E-state index contributed by atoms with van der Waals surface area (Å²) in [5.74, 6) is 0. The lowest BCUT2D eigenvalue weighted by atomic mass is 10.5. The van der Waals surface area contributed by atoms with E-state index >= 15 is 0 Å². The van der Waals surface area contributed by atoms with Crippen molar-refractivity contribution in [3.8, 4) is 0 Å². The highest BCUT2D eigenvalue weighted by molar-refractivity contribution is 7.03. The molecule has 6 heavy (non-hydrogen) atoms. The molecule has 0 saturated heterocycles. The molecule has 0 fully saturated rings. The molecule has 0 saturated carbocycles. The molecule has 0 aliphatic rings. The molecule has 0 spiro atoms. The minimum Gasteiger partial charge on any atom is -0.201 e. The van der Waals surface area contributed by atoms with Gasteiger partial charge in [-0.2, -0.15) is 0 Å². The summed E-state index contributed by atoms with van der Waals surface area (Å²) >= 11 is 1.49. The molecule has 0 amide bonds. The van der Waals surface area contributed by atoms with E-state index in [0.717, 1.165) is 0 Å². The summed E-state index contributed by atoms with van der Waals surface area (Å²) in [7, 11) is 0. The first-order valence-electron chi connectivity index (χ1n) is 1.75. The molecule has 1 rings (SSSR count). The topological polar surface area (TPSA) is 12.9 Å². The smallest absolute Gasteiger partial charge is 0.0436 e. The number of aryl methyl sites for hydroxylation is 1. The predicted molar refractivity (Wildman–Crippen MR) is 26.9 cm³/mol. The highest BCUT2D eigenvalue weighted by Crippen LogP contribution is 1.95. The molecule has 0 bridgehead atoms. The lowest BCUT2D eigenvalue weighted by Gasteiger charge is -1.63. The Balaban J connectivity index is 3.05. The number of aromatic nitrogens is 1. The molecular weight excluding hydrogens is 94.1 g/mol. The van der Waals surface area contributed by atoms with Crippen molar-refractivity contribution in [1.29, 1.82) is 0 Å². The molecule has 0 aliphatic carbocycles. The first-order chi connectivity index (χ1) is 2.89. The molecule has 1 aromatic rings. The summed E-state index contributed by atoms with van der Waals surface area (Å²) in [6.07, 6.45) is 1.85. The minimum atomic E-state index is 1.25. The third-order valence-corrected chi connectivity index (χ3v) is 1.26. The Kier molecular flexibility index (Phi) is 0.881. The van der Waals surface area contributed by atoms with Crippen molar-refractivity contribution in [2.24, 2.45) is 0 Å². The highest BCUT2D eigenvalue weighted by atomic mass is 32.1. The van der Waals surface area contributed by atoms with E-state index in [-0.39, 0.29) is 0 Å². The Morgan fingerprint density at radius 3 is 2.83 bits per heavy atom. The van der Waals surface area contributed by atoms with Gasteiger partial charge in [0.05, 0.1) is 0 Å². The molecule has 1 heterocycles. The lowest BCUT2D eigenvalue weighted by Crippen LogP contribution is -1.50. The Morgan fingerprint density at radius 1 is 1.83 bits per heavy atom. The summed E-state index contributed by atoms with van der Waals surface area (Å²) in [6.45, 7) is 2.03. The van der Waals surface area contributed by atoms with Crippen LogP contribution in [-0.4, -0.2) is 4.37 Å². The fourth-order valence-electron chi connectivity index (χ4n) is 0.258. The van der Waals surface area contributed by atoms with E-state index in [9.17, 15) is 0 Å². The second-order valence-electron chi connectivity index (χ2n) is 1.20. The summed E-state index contributed by atoms with van der Waals surface area (Å²) < 4.78 is 3.86. The Bertz CT molecular complexity index is 111. The summed E-state index contributed by atoms with van der Waals surface area (Å²) in [5.41, 5.74) is 1.25. The summed E-state index contributed by atoms with van der Waals surface area (Å²) in [6, 6.07) is 0. The molecular formula is C4H5NS. The van der Waals surface area contributed by atoms with E-state index in [1.165, 1.54) is 17.1 Å². The fraction of sp³-hybridized carbons (Fsp3) is 0.250. The minimum absolute atomic E-state index is 1.25. The molecule has 2 heteroatoms. The zero-order valence-electron chi connectivity index (χ0n) is 3.51. The van der Waals surface area contributed by atoms with Crippen LogP contribution >= 0.6 is 11.5 Å². The third kappa shape index (κ3) is 0.571. The van der Waals surface area contributed by atoms with Crippen molar-refractivity contribution in [2.75, 3.05) is 0 Å². The third-order valence-electron chi connectivity index (χ3n) is 0.556. The van der Waals surface area contributed by atoms with Gasteiger partial charge < -0.3 is 0 Å². The predicted octanol–water partition coefficient (Wildman–Crippen LogP) is 1.45.